The molecule has 1 aromatic rings. The molecule has 1 fully saturated rings. The van der Waals surface area contributed by atoms with Crippen molar-refractivity contribution < 1.29 is 0 Å². The van der Waals surface area contributed by atoms with Gasteiger partial charge < -0.3 is 5.32 Å². The number of rotatable bonds is 4. The van der Waals surface area contributed by atoms with Gasteiger partial charge in [-0.2, -0.15) is 0 Å². The summed E-state index contributed by atoms with van der Waals surface area (Å²) in [6, 6.07) is 0. The molecular formula is C12H18ClN3. The number of anilines is 1. The Hall–Kier alpha value is -0.830. The van der Waals surface area contributed by atoms with E-state index < -0.39 is 0 Å². The first-order valence-corrected chi connectivity index (χ1v) is 6.44. The Bertz CT molecular complexity index is 307. The highest BCUT2D eigenvalue weighted by Gasteiger charge is 2.12. The van der Waals surface area contributed by atoms with Crippen molar-refractivity contribution in [2.45, 2.75) is 38.5 Å². The van der Waals surface area contributed by atoms with E-state index in [9.17, 15) is 0 Å². The number of nitrogens with zero attached hydrogens (tertiary/aromatic N) is 2. The predicted molar refractivity (Wildman–Crippen MR) is 66.7 cm³/mol. The van der Waals surface area contributed by atoms with Crippen molar-refractivity contribution in [2.75, 3.05) is 11.9 Å². The molecule has 1 aliphatic rings. The van der Waals surface area contributed by atoms with Gasteiger partial charge in [0.15, 0.2) is 0 Å². The molecule has 1 aliphatic carbocycles. The number of halogens is 1. The van der Waals surface area contributed by atoms with Gasteiger partial charge in [0.2, 0.25) is 5.95 Å². The average molecular weight is 240 g/mol. The van der Waals surface area contributed by atoms with Crippen LogP contribution >= 0.6 is 11.6 Å². The van der Waals surface area contributed by atoms with Crippen molar-refractivity contribution in [1.82, 2.24) is 9.97 Å². The lowest BCUT2D eigenvalue weighted by molar-refractivity contribution is 0.345. The number of nitrogens with one attached hydrogen (secondary N) is 1. The van der Waals surface area contributed by atoms with E-state index in [2.05, 4.69) is 15.3 Å². The molecular weight excluding hydrogens is 222 g/mol. The summed E-state index contributed by atoms with van der Waals surface area (Å²) in [5.74, 6) is 1.58. The second kappa shape index (κ2) is 6.04. The monoisotopic (exact) mass is 239 g/mol. The van der Waals surface area contributed by atoms with Crippen LogP contribution in [0, 0.1) is 5.92 Å². The van der Waals surface area contributed by atoms with Gasteiger partial charge in [0.05, 0.1) is 17.4 Å². The van der Waals surface area contributed by atoms with Crippen molar-refractivity contribution in [3.63, 3.8) is 0 Å². The molecule has 3 nitrogen and oxygen atoms in total. The zero-order chi connectivity index (χ0) is 11.2. The van der Waals surface area contributed by atoms with Crippen molar-refractivity contribution in [3.8, 4) is 0 Å². The van der Waals surface area contributed by atoms with Gasteiger partial charge in [0, 0.05) is 6.54 Å². The Kier molecular flexibility index (Phi) is 4.40. The molecule has 0 aliphatic heterocycles. The molecule has 0 amide bonds. The molecule has 1 aromatic heterocycles. The van der Waals surface area contributed by atoms with Crippen molar-refractivity contribution in [1.29, 1.82) is 0 Å². The minimum absolute atomic E-state index is 0.581. The summed E-state index contributed by atoms with van der Waals surface area (Å²) < 4.78 is 0. The second-order valence-electron chi connectivity index (χ2n) is 4.44. The highest BCUT2D eigenvalue weighted by Crippen LogP contribution is 2.25. The lowest BCUT2D eigenvalue weighted by atomic mass is 9.87. The summed E-state index contributed by atoms with van der Waals surface area (Å²) in [7, 11) is 0. The van der Waals surface area contributed by atoms with Crippen LogP contribution in [0.15, 0.2) is 12.4 Å². The molecule has 2 rings (SSSR count). The quantitative estimate of drug-likeness (QED) is 0.874. The van der Waals surface area contributed by atoms with E-state index in [1.165, 1.54) is 38.5 Å². The SMILES string of the molecule is Clc1cnc(NCCC2CCCCC2)nc1. The van der Waals surface area contributed by atoms with Gasteiger partial charge >= 0.3 is 0 Å². The zero-order valence-corrected chi connectivity index (χ0v) is 10.2. The van der Waals surface area contributed by atoms with Gasteiger partial charge in [-0.3, -0.25) is 0 Å². The molecule has 0 saturated heterocycles. The third kappa shape index (κ3) is 3.63. The van der Waals surface area contributed by atoms with Gasteiger partial charge in [0.25, 0.3) is 0 Å². The Labute approximate surface area is 102 Å². The first-order valence-electron chi connectivity index (χ1n) is 6.06. The van der Waals surface area contributed by atoms with Crippen LogP contribution < -0.4 is 5.32 Å². The number of hydrogen-bond acceptors (Lipinski definition) is 3. The summed E-state index contributed by atoms with van der Waals surface area (Å²) in [4.78, 5) is 8.21. The third-order valence-corrected chi connectivity index (χ3v) is 3.38. The Morgan fingerprint density at radius 1 is 1.19 bits per heavy atom. The maximum Gasteiger partial charge on any atom is 0.222 e. The van der Waals surface area contributed by atoms with Crippen molar-refractivity contribution in [2.24, 2.45) is 5.92 Å². The van der Waals surface area contributed by atoms with Gasteiger partial charge in [-0.15, -0.1) is 0 Å². The first kappa shape index (κ1) is 11.6. The normalized spacial score (nSPS) is 17.3. The minimum atomic E-state index is 0.581. The maximum atomic E-state index is 5.71. The average Bonchev–Trinajstić information content (AvgIpc) is 2.33. The predicted octanol–water partition coefficient (Wildman–Crippen LogP) is 3.51. The van der Waals surface area contributed by atoms with Crippen LogP contribution in [0.5, 0.6) is 0 Å². The standard InChI is InChI=1S/C12H18ClN3/c13-11-8-15-12(16-9-11)14-7-6-10-4-2-1-3-5-10/h8-10H,1-7H2,(H,14,15,16). The fourth-order valence-corrected chi connectivity index (χ4v) is 2.37. The highest BCUT2D eigenvalue weighted by molar-refractivity contribution is 6.30. The minimum Gasteiger partial charge on any atom is -0.354 e. The molecule has 0 atom stereocenters. The molecule has 1 N–H and O–H groups in total. The van der Waals surface area contributed by atoms with Crippen molar-refractivity contribution >= 4 is 17.5 Å². The second-order valence-corrected chi connectivity index (χ2v) is 4.88. The summed E-state index contributed by atoms with van der Waals surface area (Å²) >= 11 is 5.71. The van der Waals surface area contributed by atoms with Crippen LogP contribution in [0.25, 0.3) is 0 Å². The van der Waals surface area contributed by atoms with Gasteiger partial charge in [-0.05, 0) is 12.3 Å². The number of hydrogen-bond donors (Lipinski definition) is 1. The van der Waals surface area contributed by atoms with E-state index in [-0.39, 0.29) is 0 Å². The molecule has 16 heavy (non-hydrogen) atoms. The molecule has 0 bridgehead atoms. The highest BCUT2D eigenvalue weighted by atomic mass is 35.5. The van der Waals surface area contributed by atoms with Crippen LogP contribution in [0.2, 0.25) is 5.02 Å². The lowest BCUT2D eigenvalue weighted by Gasteiger charge is -2.21. The van der Waals surface area contributed by atoms with E-state index in [1.54, 1.807) is 12.4 Å². The molecule has 1 heterocycles. The van der Waals surface area contributed by atoms with Gasteiger partial charge in [-0.1, -0.05) is 43.7 Å². The van der Waals surface area contributed by atoms with E-state index in [1.807, 2.05) is 0 Å². The summed E-state index contributed by atoms with van der Waals surface area (Å²) in [6.45, 7) is 0.965. The fourth-order valence-electron chi connectivity index (χ4n) is 2.27. The lowest BCUT2D eigenvalue weighted by Crippen LogP contribution is -2.13. The van der Waals surface area contributed by atoms with Crippen LogP contribution in [-0.2, 0) is 0 Å². The fraction of sp³-hybridized carbons (Fsp3) is 0.667. The first-order chi connectivity index (χ1) is 7.84. The summed E-state index contributed by atoms with van der Waals surface area (Å²) in [5, 5.41) is 3.82. The molecule has 88 valence electrons. The van der Waals surface area contributed by atoms with Crippen molar-refractivity contribution in [3.05, 3.63) is 17.4 Å². The van der Waals surface area contributed by atoms with E-state index in [0.717, 1.165) is 12.5 Å². The Morgan fingerprint density at radius 3 is 2.56 bits per heavy atom. The molecule has 0 radical (unpaired) electrons. The van der Waals surface area contributed by atoms with E-state index in [0.29, 0.717) is 11.0 Å². The molecule has 1 saturated carbocycles. The summed E-state index contributed by atoms with van der Waals surface area (Å²) in [6.07, 6.45) is 11.5. The van der Waals surface area contributed by atoms with Gasteiger partial charge in [-0.25, -0.2) is 9.97 Å². The zero-order valence-electron chi connectivity index (χ0n) is 9.45. The van der Waals surface area contributed by atoms with E-state index >= 15 is 0 Å². The Morgan fingerprint density at radius 2 is 1.88 bits per heavy atom. The van der Waals surface area contributed by atoms with Crippen LogP contribution in [0.1, 0.15) is 38.5 Å². The largest absolute Gasteiger partial charge is 0.354 e. The number of aromatic nitrogens is 2. The molecule has 0 unspecified atom stereocenters. The molecule has 0 aromatic carbocycles. The van der Waals surface area contributed by atoms with Crippen LogP contribution in [0.4, 0.5) is 5.95 Å². The summed E-state index contributed by atoms with van der Waals surface area (Å²) in [5.41, 5.74) is 0. The topological polar surface area (TPSA) is 37.8 Å². The van der Waals surface area contributed by atoms with Crippen LogP contribution in [-0.4, -0.2) is 16.5 Å². The molecule has 4 heteroatoms. The third-order valence-electron chi connectivity index (χ3n) is 3.18. The van der Waals surface area contributed by atoms with Crippen LogP contribution in [0.3, 0.4) is 0 Å². The maximum absolute atomic E-state index is 5.71. The Balaban J connectivity index is 1.69. The van der Waals surface area contributed by atoms with E-state index in [4.69, 9.17) is 11.6 Å². The smallest absolute Gasteiger partial charge is 0.222 e. The van der Waals surface area contributed by atoms with Gasteiger partial charge in [0.1, 0.15) is 0 Å². The molecule has 0 spiro atoms.